The topological polar surface area (TPSA) is 61.2 Å². The minimum atomic E-state index is -1.07. The lowest BCUT2D eigenvalue weighted by Crippen LogP contribution is -2.11. The van der Waals surface area contributed by atoms with E-state index >= 15 is 0 Å². The van der Waals surface area contributed by atoms with Gasteiger partial charge in [0.15, 0.2) is 0 Å². The van der Waals surface area contributed by atoms with E-state index in [1.807, 2.05) is 19.9 Å². The monoisotopic (exact) mass is 311 g/mol. The van der Waals surface area contributed by atoms with E-state index in [0.29, 0.717) is 5.57 Å². The number of hydrogen-bond donors (Lipinski definition) is 2. The summed E-state index contributed by atoms with van der Waals surface area (Å²) in [4.78, 5) is 11.1. The number of carboxylic acids is 1. The molecule has 2 N–H and O–H groups in total. The van der Waals surface area contributed by atoms with Crippen molar-refractivity contribution in [1.29, 1.82) is 5.41 Å². The van der Waals surface area contributed by atoms with Gasteiger partial charge in [-0.2, -0.15) is 0 Å². The molecule has 0 aliphatic rings. The van der Waals surface area contributed by atoms with Crippen LogP contribution in [0.3, 0.4) is 0 Å². The van der Waals surface area contributed by atoms with E-state index < -0.39 is 5.97 Å². The van der Waals surface area contributed by atoms with E-state index in [4.69, 9.17) is 10.5 Å². The third-order valence-corrected chi connectivity index (χ3v) is 3.38. The fourth-order valence-corrected chi connectivity index (χ4v) is 1.40. The predicted octanol–water partition coefficient (Wildman–Crippen LogP) is 4.23. The number of halogens is 1. The number of carbonyl (C=O) groups is 1. The van der Waals surface area contributed by atoms with Gasteiger partial charge < -0.3 is 10.5 Å². The fraction of sp³-hybridized carbons (Fsp3) is 0.286. The molecule has 3 nitrogen and oxygen atoms in total. The van der Waals surface area contributed by atoms with Crippen LogP contribution in [0.2, 0.25) is 0 Å². The molecule has 0 fully saturated rings. The number of allylic oxidation sites excluding steroid dienone is 6. The smallest absolute Gasteiger partial charge is 0.337 e. The van der Waals surface area contributed by atoms with E-state index in [1.165, 1.54) is 6.92 Å². The molecule has 0 aliphatic carbocycles. The van der Waals surface area contributed by atoms with Crippen molar-refractivity contribution >= 4 is 27.6 Å². The van der Waals surface area contributed by atoms with Crippen molar-refractivity contribution in [2.45, 2.75) is 27.7 Å². The van der Waals surface area contributed by atoms with Crippen LogP contribution in [0.5, 0.6) is 0 Å². The van der Waals surface area contributed by atoms with Gasteiger partial charge in [-0.15, -0.1) is 0 Å². The number of carboxylic acid groups (broad SMARTS) is 1. The van der Waals surface area contributed by atoms with Gasteiger partial charge in [0.1, 0.15) is 0 Å². The van der Waals surface area contributed by atoms with Gasteiger partial charge >= 0.3 is 5.97 Å². The standard InChI is InChI=1S/C14H18BrNO2/c1-8(2)12(15)7-6-9(3)10(4)13(11(5)16)14(17)18/h6-7,16H,1H2,2-5H3,(H,17,18)/b9-6+,12-7+,13-10-,16-11?. The van der Waals surface area contributed by atoms with Crippen molar-refractivity contribution in [3.05, 3.63) is 45.5 Å². The molecular weight excluding hydrogens is 294 g/mol. The lowest BCUT2D eigenvalue weighted by Gasteiger charge is -2.07. The first kappa shape index (κ1) is 16.6. The van der Waals surface area contributed by atoms with Gasteiger partial charge in [0.2, 0.25) is 0 Å². The quantitative estimate of drug-likeness (QED) is 0.453. The van der Waals surface area contributed by atoms with Crippen LogP contribution in [0.15, 0.2) is 45.5 Å². The van der Waals surface area contributed by atoms with Gasteiger partial charge in [-0.05, 0) is 50.5 Å². The highest BCUT2D eigenvalue weighted by Gasteiger charge is 2.14. The Morgan fingerprint density at radius 2 is 1.72 bits per heavy atom. The maximum Gasteiger partial charge on any atom is 0.337 e. The SMILES string of the molecule is C=C(C)\C(Br)=C/C=C(C)/C(C)=C(/C(C)=N)C(=O)O. The summed E-state index contributed by atoms with van der Waals surface area (Å²) in [7, 11) is 0. The molecule has 0 saturated heterocycles. The largest absolute Gasteiger partial charge is 0.478 e. The highest BCUT2D eigenvalue weighted by Crippen LogP contribution is 2.19. The summed E-state index contributed by atoms with van der Waals surface area (Å²) < 4.78 is 0.859. The predicted molar refractivity (Wildman–Crippen MR) is 79.3 cm³/mol. The molecule has 0 aromatic heterocycles. The number of rotatable bonds is 5. The minimum Gasteiger partial charge on any atom is -0.478 e. The third kappa shape index (κ3) is 4.84. The van der Waals surface area contributed by atoms with Crippen LogP contribution in [0.4, 0.5) is 0 Å². The van der Waals surface area contributed by atoms with E-state index in [1.54, 1.807) is 13.0 Å². The maximum absolute atomic E-state index is 11.1. The maximum atomic E-state index is 11.1. The van der Waals surface area contributed by atoms with Crippen molar-refractivity contribution in [2.24, 2.45) is 0 Å². The summed E-state index contributed by atoms with van der Waals surface area (Å²) in [5, 5.41) is 16.5. The summed E-state index contributed by atoms with van der Waals surface area (Å²) >= 11 is 3.36. The Morgan fingerprint density at radius 3 is 2.06 bits per heavy atom. The second kappa shape index (κ2) is 7.11. The Morgan fingerprint density at radius 1 is 1.22 bits per heavy atom. The molecule has 18 heavy (non-hydrogen) atoms. The molecule has 4 heteroatoms. The normalized spacial score (nSPS) is 14.1. The molecule has 0 aromatic rings. The summed E-state index contributed by atoms with van der Waals surface area (Å²) in [6, 6.07) is 0. The highest BCUT2D eigenvalue weighted by molar-refractivity contribution is 9.12. The fourth-order valence-electron chi connectivity index (χ4n) is 1.26. The Hall–Kier alpha value is -1.42. The lowest BCUT2D eigenvalue weighted by atomic mass is 9.99. The highest BCUT2D eigenvalue weighted by atomic mass is 79.9. The molecule has 0 spiro atoms. The summed E-state index contributed by atoms with van der Waals surface area (Å²) in [6.07, 6.45) is 3.62. The van der Waals surface area contributed by atoms with Crippen molar-refractivity contribution in [3.63, 3.8) is 0 Å². The zero-order chi connectivity index (χ0) is 14.5. The summed E-state index contributed by atoms with van der Waals surface area (Å²) in [5.74, 6) is -1.07. The van der Waals surface area contributed by atoms with Gasteiger partial charge in [0, 0.05) is 10.2 Å². The first-order chi connectivity index (χ1) is 8.18. The van der Waals surface area contributed by atoms with Gasteiger partial charge in [0.25, 0.3) is 0 Å². The molecule has 0 heterocycles. The molecule has 0 rings (SSSR count). The molecule has 0 radical (unpaired) electrons. The van der Waals surface area contributed by atoms with Crippen LogP contribution >= 0.6 is 15.9 Å². The first-order valence-corrected chi connectivity index (χ1v) is 6.17. The van der Waals surface area contributed by atoms with Crippen molar-refractivity contribution in [1.82, 2.24) is 0 Å². The molecule has 0 saturated carbocycles. The second-order valence-corrected chi connectivity index (χ2v) is 4.93. The lowest BCUT2D eigenvalue weighted by molar-refractivity contribution is -0.132. The van der Waals surface area contributed by atoms with Crippen molar-refractivity contribution in [3.8, 4) is 0 Å². The Bertz CT molecular complexity index is 466. The molecule has 0 bridgehead atoms. The van der Waals surface area contributed by atoms with Gasteiger partial charge in [-0.25, -0.2) is 4.79 Å². The van der Waals surface area contributed by atoms with Crippen molar-refractivity contribution < 1.29 is 9.90 Å². The summed E-state index contributed by atoms with van der Waals surface area (Å²) in [5.41, 5.74) is 2.38. The first-order valence-electron chi connectivity index (χ1n) is 5.38. The van der Waals surface area contributed by atoms with Gasteiger partial charge in [-0.1, -0.05) is 28.6 Å². The van der Waals surface area contributed by atoms with Crippen LogP contribution in [0.1, 0.15) is 27.7 Å². The van der Waals surface area contributed by atoms with E-state index in [0.717, 1.165) is 15.6 Å². The average molecular weight is 312 g/mol. The molecule has 0 amide bonds. The number of aliphatic carboxylic acids is 1. The molecule has 0 aromatic carbocycles. The molecule has 0 atom stereocenters. The minimum absolute atomic E-state index is 0.0450. The van der Waals surface area contributed by atoms with Crippen LogP contribution in [0.25, 0.3) is 0 Å². The molecule has 98 valence electrons. The van der Waals surface area contributed by atoms with Crippen molar-refractivity contribution in [2.75, 3.05) is 0 Å². The van der Waals surface area contributed by atoms with E-state index in [-0.39, 0.29) is 11.3 Å². The summed E-state index contributed by atoms with van der Waals surface area (Å²) in [6.45, 7) is 10.6. The Balaban J connectivity index is 5.50. The zero-order valence-corrected chi connectivity index (χ0v) is 12.7. The van der Waals surface area contributed by atoms with Crippen LogP contribution in [-0.2, 0) is 4.79 Å². The second-order valence-electron chi connectivity index (χ2n) is 4.07. The molecular formula is C14H18BrNO2. The third-order valence-electron chi connectivity index (χ3n) is 2.44. The van der Waals surface area contributed by atoms with E-state index in [2.05, 4.69) is 22.5 Å². The van der Waals surface area contributed by atoms with Crippen LogP contribution in [0, 0.1) is 5.41 Å². The van der Waals surface area contributed by atoms with E-state index in [9.17, 15) is 4.79 Å². The van der Waals surface area contributed by atoms with Crippen LogP contribution < -0.4 is 0 Å². The molecule has 0 aliphatic heterocycles. The Labute approximate surface area is 116 Å². The van der Waals surface area contributed by atoms with Gasteiger partial charge in [-0.3, -0.25) is 0 Å². The molecule has 0 unspecified atom stereocenters. The number of nitrogens with one attached hydrogen (secondary N) is 1. The van der Waals surface area contributed by atoms with Gasteiger partial charge in [0.05, 0.1) is 5.57 Å². The number of hydrogen-bond acceptors (Lipinski definition) is 2. The zero-order valence-electron chi connectivity index (χ0n) is 11.1. The average Bonchev–Trinajstić information content (AvgIpc) is 2.23. The van der Waals surface area contributed by atoms with Crippen LogP contribution in [-0.4, -0.2) is 16.8 Å². The Kier molecular flexibility index (Phi) is 6.55.